The first-order valence-corrected chi connectivity index (χ1v) is 6.49. The fourth-order valence-electron chi connectivity index (χ4n) is 2.17. The Balaban J connectivity index is 1.96. The van der Waals surface area contributed by atoms with Gasteiger partial charge >= 0.3 is 0 Å². The van der Waals surface area contributed by atoms with Gasteiger partial charge in [-0.1, -0.05) is 0 Å². The van der Waals surface area contributed by atoms with Crippen molar-refractivity contribution in [1.82, 2.24) is 9.88 Å². The monoisotopic (exact) mass is 283 g/mol. The molecule has 1 aromatic rings. The average molecular weight is 284 g/mol. The van der Waals surface area contributed by atoms with Crippen molar-refractivity contribution in [3.8, 4) is 0 Å². The Kier molecular flexibility index (Phi) is 3.82. The van der Waals surface area contributed by atoms with Crippen molar-refractivity contribution in [2.45, 2.75) is 18.9 Å². The molecule has 0 bridgehead atoms. The van der Waals surface area contributed by atoms with E-state index < -0.39 is 0 Å². The molecular formula is C12H18BrN3. The molecule has 0 aromatic carbocycles. The van der Waals surface area contributed by atoms with Crippen LogP contribution in [-0.4, -0.2) is 43.1 Å². The molecule has 1 aliphatic heterocycles. The minimum absolute atomic E-state index is 0.728. The molecule has 0 N–H and O–H groups in total. The number of piperidine rings is 1. The summed E-state index contributed by atoms with van der Waals surface area (Å²) in [5.74, 6) is 1.10. The predicted molar refractivity (Wildman–Crippen MR) is 70.9 cm³/mol. The Morgan fingerprint density at radius 3 is 2.50 bits per heavy atom. The van der Waals surface area contributed by atoms with Gasteiger partial charge in [-0.05, 0) is 55.0 Å². The average Bonchev–Trinajstić information content (AvgIpc) is 2.30. The largest absolute Gasteiger partial charge is 0.357 e. The molecule has 4 heteroatoms. The van der Waals surface area contributed by atoms with E-state index in [0.717, 1.165) is 29.4 Å². The molecule has 1 aliphatic rings. The van der Waals surface area contributed by atoms with Gasteiger partial charge in [0.05, 0.1) is 0 Å². The summed E-state index contributed by atoms with van der Waals surface area (Å²) in [7, 11) is 4.33. The first kappa shape index (κ1) is 11.9. The fourth-order valence-corrected chi connectivity index (χ4v) is 2.40. The lowest BCUT2D eigenvalue weighted by atomic mass is 10.0. The molecule has 1 aromatic heterocycles. The van der Waals surface area contributed by atoms with Gasteiger partial charge in [0, 0.05) is 29.8 Å². The summed E-state index contributed by atoms with van der Waals surface area (Å²) in [5, 5.41) is 0. The molecule has 0 amide bonds. The van der Waals surface area contributed by atoms with E-state index in [1.807, 2.05) is 6.20 Å². The topological polar surface area (TPSA) is 19.4 Å². The van der Waals surface area contributed by atoms with Crippen LogP contribution in [0, 0.1) is 0 Å². The van der Waals surface area contributed by atoms with Crippen molar-refractivity contribution >= 4 is 21.7 Å². The number of pyridine rings is 1. The molecule has 3 nitrogen and oxygen atoms in total. The molecule has 0 spiro atoms. The molecule has 0 saturated carbocycles. The van der Waals surface area contributed by atoms with E-state index in [9.17, 15) is 0 Å². The summed E-state index contributed by atoms with van der Waals surface area (Å²) in [4.78, 5) is 9.13. The second-order valence-electron chi connectivity index (χ2n) is 4.52. The lowest BCUT2D eigenvalue weighted by molar-refractivity contribution is 0.249. The third-order valence-electron chi connectivity index (χ3n) is 3.23. The van der Waals surface area contributed by atoms with Crippen LogP contribution in [0.15, 0.2) is 22.8 Å². The smallest absolute Gasteiger partial charge is 0.128 e. The van der Waals surface area contributed by atoms with Crippen LogP contribution < -0.4 is 4.90 Å². The number of hydrogen-bond acceptors (Lipinski definition) is 3. The van der Waals surface area contributed by atoms with Crippen molar-refractivity contribution in [1.29, 1.82) is 0 Å². The fraction of sp³-hybridized carbons (Fsp3) is 0.583. The molecule has 1 saturated heterocycles. The summed E-state index contributed by atoms with van der Waals surface area (Å²) in [6.07, 6.45) is 4.32. The van der Waals surface area contributed by atoms with Gasteiger partial charge in [-0.3, -0.25) is 0 Å². The summed E-state index contributed by atoms with van der Waals surface area (Å²) in [6, 6.07) is 4.87. The number of nitrogens with zero attached hydrogens (tertiary/aromatic N) is 3. The Morgan fingerprint density at radius 2 is 2.00 bits per heavy atom. The molecule has 88 valence electrons. The van der Waals surface area contributed by atoms with Gasteiger partial charge in [0.25, 0.3) is 0 Å². The Labute approximate surface area is 106 Å². The van der Waals surface area contributed by atoms with Crippen molar-refractivity contribution < 1.29 is 0 Å². The summed E-state index contributed by atoms with van der Waals surface area (Å²) < 4.78 is 1.04. The molecule has 0 aliphatic carbocycles. The van der Waals surface area contributed by atoms with Crippen molar-refractivity contribution in [3.05, 3.63) is 22.8 Å². The molecule has 16 heavy (non-hydrogen) atoms. The van der Waals surface area contributed by atoms with Crippen molar-refractivity contribution in [3.63, 3.8) is 0 Å². The van der Waals surface area contributed by atoms with Crippen LogP contribution in [-0.2, 0) is 0 Å². The first-order chi connectivity index (χ1) is 7.66. The minimum atomic E-state index is 0.728. The zero-order valence-electron chi connectivity index (χ0n) is 9.86. The number of halogens is 1. The highest BCUT2D eigenvalue weighted by molar-refractivity contribution is 9.10. The second-order valence-corrected chi connectivity index (χ2v) is 5.43. The van der Waals surface area contributed by atoms with Crippen molar-refractivity contribution in [2.75, 3.05) is 32.1 Å². The minimum Gasteiger partial charge on any atom is -0.357 e. The van der Waals surface area contributed by atoms with Crippen LogP contribution in [0.2, 0.25) is 0 Å². The lowest BCUT2D eigenvalue weighted by Gasteiger charge is -2.35. The molecule has 0 unspecified atom stereocenters. The maximum absolute atomic E-state index is 4.44. The summed E-state index contributed by atoms with van der Waals surface area (Å²) >= 11 is 3.41. The van der Waals surface area contributed by atoms with Crippen LogP contribution >= 0.6 is 15.9 Å². The molecular weight excluding hydrogens is 266 g/mol. The van der Waals surface area contributed by atoms with Crippen LogP contribution in [0.25, 0.3) is 0 Å². The zero-order valence-corrected chi connectivity index (χ0v) is 11.4. The Hall–Kier alpha value is -0.610. The van der Waals surface area contributed by atoms with E-state index in [-0.39, 0.29) is 0 Å². The van der Waals surface area contributed by atoms with E-state index in [4.69, 9.17) is 0 Å². The van der Waals surface area contributed by atoms with E-state index in [2.05, 4.69) is 56.9 Å². The first-order valence-electron chi connectivity index (χ1n) is 5.70. The third-order valence-corrected chi connectivity index (χ3v) is 3.70. The Bertz CT molecular complexity index is 329. The highest BCUT2D eigenvalue weighted by atomic mass is 79.9. The maximum atomic E-state index is 4.44. The number of rotatable bonds is 2. The van der Waals surface area contributed by atoms with Gasteiger partial charge in [0.1, 0.15) is 5.82 Å². The van der Waals surface area contributed by atoms with Crippen LogP contribution in [0.5, 0.6) is 0 Å². The maximum Gasteiger partial charge on any atom is 0.128 e. The normalized spacial score (nSPS) is 18.1. The van der Waals surface area contributed by atoms with Gasteiger partial charge in [-0.2, -0.15) is 0 Å². The molecule has 1 fully saturated rings. The highest BCUT2D eigenvalue weighted by Gasteiger charge is 2.21. The SMILES string of the molecule is CN(C)C1CCN(c2ccc(Br)cn2)CC1. The van der Waals surface area contributed by atoms with Gasteiger partial charge in [0.15, 0.2) is 0 Å². The zero-order chi connectivity index (χ0) is 11.5. The molecule has 2 heterocycles. The number of aromatic nitrogens is 1. The second kappa shape index (κ2) is 5.15. The van der Waals surface area contributed by atoms with Crippen LogP contribution in [0.4, 0.5) is 5.82 Å². The number of hydrogen-bond donors (Lipinski definition) is 0. The lowest BCUT2D eigenvalue weighted by Crippen LogP contribution is -2.42. The van der Waals surface area contributed by atoms with E-state index >= 15 is 0 Å². The van der Waals surface area contributed by atoms with E-state index in [1.165, 1.54) is 12.8 Å². The van der Waals surface area contributed by atoms with Gasteiger partial charge in [-0.15, -0.1) is 0 Å². The van der Waals surface area contributed by atoms with Crippen LogP contribution in [0.3, 0.4) is 0 Å². The summed E-state index contributed by atoms with van der Waals surface area (Å²) in [6.45, 7) is 2.22. The van der Waals surface area contributed by atoms with Crippen molar-refractivity contribution in [2.24, 2.45) is 0 Å². The van der Waals surface area contributed by atoms with Gasteiger partial charge in [-0.25, -0.2) is 4.98 Å². The van der Waals surface area contributed by atoms with Crippen LogP contribution in [0.1, 0.15) is 12.8 Å². The highest BCUT2D eigenvalue weighted by Crippen LogP contribution is 2.20. The molecule has 0 radical (unpaired) electrons. The Morgan fingerprint density at radius 1 is 1.31 bits per heavy atom. The van der Waals surface area contributed by atoms with E-state index in [0.29, 0.717) is 0 Å². The van der Waals surface area contributed by atoms with Gasteiger partial charge < -0.3 is 9.80 Å². The summed E-state index contributed by atoms with van der Waals surface area (Å²) in [5.41, 5.74) is 0. The van der Waals surface area contributed by atoms with Gasteiger partial charge in [0.2, 0.25) is 0 Å². The standard InChI is InChI=1S/C12H18BrN3/c1-15(2)11-5-7-16(8-6-11)12-4-3-10(13)9-14-12/h3-4,9,11H,5-8H2,1-2H3. The molecule has 0 atom stereocenters. The third kappa shape index (κ3) is 2.74. The number of anilines is 1. The predicted octanol–water partition coefficient (Wildman–Crippen LogP) is 2.37. The quantitative estimate of drug-likeness (QED) is 0.831. The molecule has 2 rings (SSSR count). The van der Waals surface area contributed by atoms with E-state index in [1.54, 1.807) is 0 Å².